The van der Waals surface area contributed by atoms with Gasteiger partial charge in [0.25, 0.3) is 11.8 Å². The van der Waals surface area contributed by atoms with E-state index in [1.807, 2.05) is 12.1 Å². The molecule has 4 aromatic rings. The average molecular weight is 575 g/mol. The average Bonchev–Trinajstić information content (AvgIpc) is 3.63. The number of carboxylic acids is 1. The predicted molar refractivity (Wildman–Crippen MR) is 157 cm³/mol. The summed E-state index contributed by atoms with van der Waals surface area (Å²) in [5, 5.41) is 21.6. The zero-order chi connectivity index (χ0) is 28.9. The number of hydrogen-bond donors (Lipinski definition) is 5. The van der Waals surface area contributed by atoms with E-state index in [1.54, 1.807) is 40.7 Å². The van der Waals surface area contributed by atoms with Crippen molar-refractivity contribution < 1.29 is 19.5 Å². The van der Waals surface area contributed by atoms with Gasteiger partial charge >= 0.3 is 5.97 Å². The van der Waals surface area contributed by atoms with Crippen molar-refractivity contribution >= 4 is 46.2 Å². The Labute approximate surface area is 240 Å². The van der Waals surface area contributed by atoms with Crippen molar-refractivity contribution in [3.63, 3.8) is 0 Å². The molecule has 0 saturated carbocycles. The second-order valence-electron chi connectivity index (χ2n) is 9.72. The number of nitrogens with two attached hydrogens (primary N) is 2. The second kappa shape index (κ2) is 12.2. The number of rotatable bonds is 9. The lowest BCUT2D eigenvalue weighted by Gasteiger charge is -2.34. The number of benzene rings is 2. The van der Waals surface area contributed by atoms with E-state index < -0.39 is 11.9 Å². The van der Waals surface area contributed by atoms with Crippen LogP contribution in [-0.4, -0.2) is 63.3 Å². The monoisotopic (exact) mass is 574 g/mol. The summed E-state index contributed by atoms with van der Waals surface area (Å²) in [6.45, 7) is 2.16. The molecule has 13 heteroatoms. The molecule has 0 bridgehead atoms. The minimum Gasteiger partial charge on any atom is -0.478 e. The van der Waals surface area contributed by atoms with Gasteiger partial charge in [0.1, 0.15) is 10.7 Å². The van der Waals surface area contributed by atoms with E-state index in [0.717, 1.165) is 30.6 Å². The first-order valence-corrected chi connectivity index (χ1v) is 14.0. The molecule has 2 aromatic carbocycles. The molecule has 0 aliphatic carbocycles. The number of aromatic nitrogens is 3. The number of thiazole rings is 1. The minimum absolute atomic E-state index is 0.0577. The summed E-state index contributed by atoms with van der Waals surface area (Å²) in [5.41, 5.74) is 15.2. The van der Waals surface area contributed by atoms with Gasteiger partial charge in [-0.05, 0) is 43.2 Å². The Balaban J connectivity index is 1.20. The first kappa shape index (κ1) is 27.8. The quantitative estimate of drug-likeness (QED) is 0.188. The fourth-order valence-electron chi connectivity index (χ4n) is 4.70. The molecule has 1 unspecified atom stereocenters. The van der Waals surface area contributed by atoms with E-state index in [-0.39, 0.29) is 35.3 Å². The van der Waals surface area contributed by atoms with E-state index in [9.17, 15) is 19.5 Å². The highest BCUT2D eigenvalue weighted by Gasteiger charge is 2.22. The van der Waals surface area contributed by atoms with E-state index in [2.05, 4.69) is 25.6 Å². The molecule has 1 atom stereocenters. The first-order chi connectivity index (χ1) is 19.8. The van der Waals surface area contributed by atoms with Gasteiger partial charge in [-0.2, -0.15) is 5.10 Å². The molecule has 1 fully saturated rings. The SMILES string of the molecule is Nc1ccc(N2CCCC(N)C2)c(NC(=O)c2csc(-c3cnn(CCNC(=O)c4ccccc4C(=O)O)c3)n2)c1. The van der Waals surface area contributed by atoms with Crippen LogP contribution < -0.4 is 27.0 Å². The Morgan fingerprint density at radius 2 is 1.93 bits per heavy atom. The number of piperidine rings is 1. The van der Waals surface area contributed by atoms with Crippen molar-refractivity contribution in [2.24, 2.45) is 5.73 Å². The number of carboxylic acid groups (broad SMARTS) is 1. The molecule has 41 heavy (non-hydrogen) atoms. The largest absolute Gasteiger partial charge is 0.478 e. The third-order valence-electron chi connectivity index (χ3n) is 6.71. The normalized spacial score (nSPS) is 15.0. The summed E-state index contributed by atoms with van der Waals surface area (Å²) in [6.07, 6.45) is 5.36. The number of carbonyl (C=O) groups is 3. The third kappa shape index (κ3) is 6.53. The van der Waals surface area contributed by atoms with E-state index >= 15 is 0 Å². The van der Waals surface area contributed by atoms with Crippen molar-refractivity contribution in [2.75, 3.05) is 35.6 Å². The zero-order valence-corrected chi connectivity index (χ0v) is 22.9. The van der Waals surface area contributed by atoms with Crippen LogP contribution in [0.5, 0.6) is 0 Å². The lowest BCUT2D eigenvalue weighted by Crippen LogP contribution is -2.43. The number of carbonyl (C=O) groups excluding carboxylic acids is 2. The van der Waals surface area contributed by atoms with E-state index in [1.165, 1.54) is 23.5 Å². The molecule has 5 rings (SSSR count). The first-order valence-electron chi connectivity index (χ1n) is 13.1. The number of amides is 2. The maximum Gasteiger partial charge on any atom is 0.336 e. The summed E-state index contributed by atoms with van der Waals surface area (Å²) in [5.74, 6) is -1.99. The number of nitrogen functional groups attached to an aromatic ring is 1. The van der Waals surface area contributed by atoms with Gasteiger partial charge in [-0.25, -0.2) is 9.78 Å². The number of anilines is 3. The maximum absolute atomic E-state index is 13.1. The fourth-order valence-corrected chi connectivity index (χ4v) is 5.47. The van der Waals surface area contributed by atoms with Crippen LogP contribution in [-0.2, 0) is 6.54 Å². The van der Waals surface area contributed by atoms with Crippen LogP contribution in [0.3, 0.4) is 0 Å². The molecule has 1 saturated heterocycles. The highest BCUT2D eigenvalue weighted by Crippen LogP contribution is 2.31. The lowest BCUT2D eigenvalue weighted by atomic mass is 10.1. The summed E-state index contributed by atoms with van der Waals surface area (Å²) in [7, 11) is 0. The molecular weight excluding hydrogens is 544 g/mol. The van der Waals surface area contributed by atoms with Gasteiger partial charge in [0.15, 0.2) is 0 Å². The minimum atomic E-state index is -1.16. The molecule has 0 spiro atoms. The molecule has 1 aliphatic rings. The van der Waals surface area contributed by atoms with Gasteiger partial charge in [0.2, 0.25) is 0 Å². The molecule has 1 aliphatic heterocycles. The number of nitrogens with one attached hydrogen (secondary N) is 2. The van der Waals surface area contributed by atoms with Gasteiger partial charge < -0.3 is 32.1 Å². The van der Waals surface area contributed by atoms with Crippen molar-refractivity contribution in [2.45, 2.75) is 25.4 Å². The Morgan fingerprint density at radius 1 is 1.12 bits per heavy atom. The van der Waals surface area contributed by atoms with Crippen molar-refractivity contribution in [3.05, 3.63) is 77.1 Å². The predicted octanol–water partition coefficient (Wildman–Crippen LogP) is 2.90. The molecule has 2 amide bonds. The molecule has 0 radical (unpaired) electrons. The molecular formula is C28H30N8O4S. The zero-order valence-electron chi connectivity index (χ0n) is 22.1. The lowest BCUT2D eigenvalue weighted by molar-refractivity contribution is 0.0690. The van der Waals surface area contributed by atoms with Crippen LogP contribution in [0.15, 0.2) is 60.2 Å². The van der Waals surface area contributed by atoms with Crippen LogP contribution in [0.1, 0.15) is 44.0 Å². The molecule has 2 aromatic heterocycles. The van der Waals surface area contributed by atoms with Gasteiger partial charge in [0.05, 0.1) is 35.2 Å². The molecule has 12 nitrogen and oxygen atoms in total. The molecule has 212 valence electrons. The highest BCUT2D eigenvalue weighted by molar-refractivity contribution is 7.13. The third-order valence-corrected chi connectivity index (χ3v) is 7.60. The van der Waals surface area contributed by atoms with Crippen LogP contribution in [0.25, 0.3) is 10.6 Å². The van der Waals surface area contributed by atoms with Gasteiger partial charge in [0, 0.05) is 48.5 Å². The second-order valence-corrected chi connectivity index (χ2v) is 10.6. The number of aromatic carboxylic acids is 1. The molecule has 3 heterocycles. The smallest absolute Gasteiger partial charge is 0.336 e. The van der Waals surface area contributed by atoms with Crippen LogP contribution >= 0.6 is 11.3 Å². The van der Waals surface area contributed by atoms with Gasteiger partial charge in [-0.1, -0.05) is 12.1 Å². The van der Waals surface area contributed by atoms with Crippen LogP contribution in [0.4, 0.5) is 17.1 Å². The summed E-state index contributed by atoms with van der Waals surface area (Å²) < 4.78 is 1.64. The van der Waals surface area contributed by atoms with E-state index in [0.29, 0.717) is 29.5 Å². The fraction of sp³-hybridized carbons (Fsp3) is 0.250. The Hall–Kier alpha value is -4.75. The van der Waals surface area contributed by atoms with E-state index in [4.69, 9.17) is 11.5 Å². The van der Waals surface area contributed by atoms with Crippen molar-refractivity contribution in [3.8, 4) is 10.6 Å². The Bertz CT molecular complexity index is 1580. The Morgan fingerprint density at radius 3 is 2.71 bits per heavy atom. The maximum atomic E-state index is 13.1. The summed E-state index contributed by atoms with van der Waals surface area (Å²) in [4.78, 5) is 43.6. The number of hydrogen-bond acceptors (Lipinski definition) is 9. The summed E-state index contributed by atoms with van der Waals surface area (Å²) in [6, 6.07) is 11.6. The molecule has 7 N–H and O–H groups in total. The number of nitrogens with zero attached hydrogens (tertiary/aromatic N) is 4. The topological polar surface area (TPSA) is 181 Å². The Kier molecular flexibility index (Phi) is 8.26. The standard InChI is InChI=1S/C28H30N8O4S/c29-18-7-8-24(35-10-3-4-19(30)15-35)22(12-18)33-26(38)23-16-41-27(34-23)17-13-32-36(14-17)11-9-31-25(37)20-5-1-2-6-21(20)28(39)40/h1-2,5-8,12-14,16,19H,3-4,9-11,15,29-30H2,(H,31,37)(H,33,38)(H,39,40). The van der Waals surface area contributed by atoms with Crippen molar-refractivity contribution in [1.82, 2.24) is 20.1 Å². The van der Waals surface area contributed by atoms with Crippen molar-refractivity contribution in [1.29, 1.82) is 0 Å². The highest BCUT2D eigenvalue weighted by atomic mass is 32.1. The van der Waals surface area contributed by atoms with Crippen LogP contribution in [0, 0.1) is 0 Å². The van der Waals surface area contributed by atoms with Gasteiger partial charge in [-0.3, -0.25) is 14.3 Å². The van der Waals surface area contributed by atoms with Gasteiger partial charge in [-0.15, -0.1) is 11.3 Å². The van der Waals surface area contributed by atoms with Crippen LogP contribution in [0.2, 0.25) is 0 Å². The summed E-state index contributed by atoms with van der Waals surface area (Å²) >= 11 is 1.32.